The van der Waals surface area contributed by atoms with E-state index in [0.29, 0.717) is 5.56 Å². The second kappa shape index (κ2) is 10.3. The first kappa shape index (κ1) is 28.1. The monoisotopic (exact) mass is 465 g/mol. The molecule has 33 heavy (non-hydrogen) atoms. The lowest BCUT2D eigenvalue weighted by atomic mass is 9.86. The zero-order valence-corrected chi connectivity index (χ0v) is 20.6. The summed E-state index contributed by atoms with van der Waals surface area (Å²) < 4.78 is 16.0. The summed E-state index contributed by atoms with van der Waals surface area (Å²) in [4.78, 5) is 48.0. The van der Waals surface area contributed by atoms with Gasteiger partial charge in [-0.1, -0.05) is 6.07 Å². The minimum atomic E-state index is -1.76. The van der Waals surface area contributed by atoms with Gasteiger partial charge in [0.2, 0.25) is 0 Å². The highest BCUT2D eigenvalue weighted by atomic mass is 16.6. The Kier molecular flexibility index (Phi) is 8.80. The topological polar surface area (TPSA) is 142 Å². The van der Waals surface area contributed by atoms with Crippen LogP contribution in [0.25, 0.3) is 0 Å². The van der Waals surface area contributed by atoms with Crippen LogP contribution >= 0.6 is 0 Å². The molecule has 0 aliphatic carbocycles. The lowest BCUT2D eigenvalue weighted by Crippen LogP contribution is -2.52. The van der Waals surface area contributed by atoms with Gasteiger partial charge >= 0.3 is 23.9 Å². The van der Waals surface area contributed by atoms with Gasteiger partial charge in [0.15, 0.2) is 11.5 Å². The van der Waals surface area contributed by atoms with Gasteiger partial charge in [0.25, 0.3) is 0 Å². The number of aliphatic carboxylic acids is 1. The molecular weight excluding hydrogens is 430 g/mol. The van der Waals surface area contributed by atoms with Crippen molar-refractivity contribution in [3.63, 3.8) is 0 Å². The summed E-state index contributed by atoms with van der Waals surface area (Å²) in [5.74, 6) is -2.91. The van der Waals surface area contributed by atoms with Gasteiger partial charge in [-0.2, -0.15) is 0 Å². The molecule has 9 nitrogen and oxygen atoms in total. The largest absolute Gasteiger partial charge is 0.480 e. The predicted molar refractivity (Wildman–Crippen MR) is 121 cm³/mol. The Balaban J connectivity index is 3.34. The van der Waals surface area contributed by atoms with Crippen molar-refractivity contribution in [1.29, 1.82) is 0 Å². The van der Waals surface area contributed by atoms with Crippen LogP contribution in [0.2, 0.25) is 0 Å². The number of nitrogens with two attached hydrogens (primary N) is 1. The number of carbonyl (C=O) groups excluding carboxylic acids is 3. The maximum absolute atomic E-state index is 12.5. The first-order valence-corrected chi connectivity index (χ1v) is 10.6. The summed E-state index contributed by atoms with van der Waals surface area (Å²) in [5, 5.41) is 9.74. The number of hydrogen-bond donors (Lipinski definition) is 2. The maximum Gasteiger partial charge on any atom is 0.324 e. The summed E-state index contributed by atoms with van der Waals surface area (Å²) in [6.07, 6.45) is -1.02. The Bertz CT molecular complexity index is 910. The van der Waals surface area contributed by atoms with E-state index in [1.165, 1.54) is 19.1 Å². The van der Waals surface area contributed by atoms with E-state index in [4.69, 9.17) is 19.9 Å². The lowest BCUT2D eigenvalue weighted by Gasteiger charge is -2.28. The molecular formula is C24H35NO8. The number of carboxylic acid groups (broad SMARTS) is 1. The van der Waals surface area contributed by atoms with Gasteiger partial charge in [-0.05, 0) is 66.2 Å². The lowest BCUT2D eigenvalue weighted by molar-refractivity contribution is -0.151. The van der Waals surface area contributed by atoms with Crippen LogP contribution in [0.5, 0.6) is 11.5 Å². The third kappa shape index (κ3) is 8.49. The van der Waals surface area contributed by atoms with Crippen molar-refractivity contribution in [2.24, 2.45) is 16.6 Å². The van der Waals surface area contributed by atoms with E-state index in [0.717, 1.165) is 0 Å². The highest BCUT2D eigenvalue weighted by Gasteiger charge is 2.37. The van der Waals surface area contributed by atoms with Gasteiger partial charge in [-0.3, -0.25) is 19.2 Å². The fraction of sp³-hybridized carbons (Fsp3) is 0.583. The Labute approximate surface area is 194 Å². The first-order chi connectivity index (χ1) is 14.8. The summed E-state index contributed by atoms with van der Waals surface area (Å²) in [7, 11) is 0. The van der Waals surface area contributed by atoms with Crippen molar-refractivity contribution in [3.8, 4) is 11.5 Å². The van der Waals surface area contributed by atoms with Crippen molar-refractivity contribution in [2.75, 3.05) is 0 Å². The molecule has 0 aliphatic heterocycles. The second-order valence-electron chi connectivity index (χ2n) is 10.3. The van der Waals surface area contributed by atoms with E-state index in [2.05, 4.69) is 0 Å². The first-order valence-electron chi connectivity index (χ1n) is 10.6. The van der Waals surface area contributed by atoms with E-state index in [1.54, 1.807) is 54.5 Å². The normalized spacial score (nSPS) is 14.6. The number of ether oxygens (including phenoxy) is 3. The summed E-state index contributed by atoms with van der Waals surface area (Å²) in [5.41, 5.74) is 3.20. The van der Waals surface area contributed by atoms with Crippen LogP contribution < -0.4 is 15.2 Å². The van der Waals surface area contributed by atoms with Crippen LogP contribution in [0.1, 0.15) is 67.4 Å². The van der Waals surface area contributed by atoms with E-state index >= 15 is 0 Å². The van der Waals surface area contributed by atoms with Crippen molar-refractivity contribution in [3.05, 3.63) is 23.8 Å². The van der Waals surface area contributed by atoms with Crippen LogP contribution in [0.15, 0.2) is 18.2 Å². The SMILES string of the molecule is CC(=O)O[C@@H](C)CC(N)(Cc1ccc(OC(=O)C(C)(C)C)c(OC(=O)C(C)(C)C)c1)C(=O)O. The molecule has 1 unspecified atom stereocenters. The van der Waals surface area contributed by atoms with Gasteiger partial charge in [-0.25, -0.2) is 0 Å². The van der Waals surface area contributed by atoms with Gasteiger partial charge in [0.05, 0.1) is 10.8 Å². The summed E-state index contributed by atoms with van der Waals surface area (Å²) >= 11 is 0. The molecule has 0 aliphatic rings. The van der Waals surface area contributed by atoms with Crippen molar-refractivity contribution >= 4 is 23.9 Å². The number of esters is 3. The Morgan fingerprint density at radius 3 is 1.85 bits per heavy atom. The molecule has 2 atom stereocenters. The summed E-state index contributed by atoms with van der Waals surface area (Å²) in [6.45, 7) is 12.9. The Hall–Kier alpha value is -2.94. The maximum atomic E-state index is 12.5. The standard InChI is InChI=1S/C24H35NO8/c1-14(31-15(2)26)12-24(25,19(27)28)13-16-9-10-17(32-20(29)22(3,4)5)18(11-16)33-21(30)23(6,7)8/h9-11,14H,12-13,25H2,1-8H3,(H,27,28)/t14-,24?/m0/s1. The third-order valence-electron chi connectivity index (χ3n) is 4.60. The molecule has 0 fully saturated rings. The number of hydrogen-bond acceptors (Lipinski definition) is 8. The second-order valence-corrected chi connectivity index (χ2v) is 10.3. The fourth-order valence-electron chi connectivity index (χ4n) is 2.77. The predicted octanol–water partition coefficient (Wildman–Crippen LogP) is 3.26. The smallest absolute Gasteiger partial charge is 0.324 e. The van der Waals surface area contributed by atoms with Crippen LogP contribution in [0.4, 0.5) is 0 Å². The molecule has 0 amide bonds. The molecule has 9 heteroatoms. The quantitative estimate of drug-likeness (QED) is 0.437. The molecule has 1 rings (SSSR count). The molecule has 0 saturated carbocycles. The number of carboxylic acids is 1. The molecule has 184 valence electrons. The van der Waals surface area contributed by atoms with E-state index in [9.17, 15) is 24.3 Å². The average Bonchev–Trinajstić information content (AvgIpc) is 2.61. The van der Waals surface area contributed by atoms with E-state index in [1.807, 2.05) is 0 Å². The Morgan fingerprint density at radius 1 is 0.939 bits per heavy atom. The minimum Gasteiger partial charge on any atom is -0.480 e. The molecule has 0 heterocycles. The highest BCUT2D eigenvalue weighted by molar-refractivity contribution is 5.82. The van der Waals surface area contributed by atoms with Gasteiger partial charge in [-0.15, -0.1) is 0 Å². The van der Waals surface area contributed by atoms with Crippen molar-refractivity contribution in [2.45, 2.75) is 79.9 Å². The van der Waals surface area contributed by atoms with Crippen LogP contribution in [-0.2, 0) is 30.3 Å². The van der Waals surface area contributed by atoms with E-state index in [-0.39, 0.29) is 24.3 Å². The summed E-state index contributed by atoms with van der Waals surface area (Å²) in [6, 6.07) is 4.40. The van der Waals surface area contributed by atoms with Crippen molar-refractivity contribution in [1.82, 2.24) is 0 Å². The molecule has 0 saturated heterocycles. The Morgan fingerprint density at radius 2 is 1.42 bits per heavy atom. The molecule has 1 aromatic rings. The molecule has 3 N–H and O–H groups in total. The highest BCUT2D eigenvalue weighted by Crippen LogP contribution is 2.34. The molecule has 0 spiro atoms. The third-order valence-corrected chi connectivity index (χ3v) is 4.60. The minimum absolute atomic E-state index is 0.0224. The fourth-order valence-corrected chi connectivity index (χ4v) is 2.77. The van der Waals surface area contributed by atoms with E-state index < -0.39 is 46.4 Å². The number of carbonyl (C=O) groups is 4. The molecule has 0 bridgehead atoms. The average molecular weight is 466 g/mol. The molecule has 0 aromatic heterocycles. The molecule has 1 aromatic carbocycles. The zero-order chi connectivity index (χ0) is 25.8. The molecule has 0 radical (unpaired) electrons. The van der Waals surface area contributed by atoms with Crippen molar-refractivity contribution < 1.29 is 38.5 Å². The van der Waals surface area contributed by atoms with Crippen LogP contribution in [0, 0.1) is 10.8 Å². The van der Waals surface area contributed by atoms with Crippen LogP contribution in [-0.4, -0.2) is 40.6 Å². The van der Waals surface area contributed by atoms with Crippen LogP contribution in [0.3, 0.4) is 0 Å². The number of benzene rings is 1. The van der Waals surface area contributed by atoms with Gasteiger partial charge in [0.1, 0.15) is 11.6 Å². The number of rotatable bonds is 8. The van der Waals surface area contributed by atoms with Gasteiger partial charge in [0, 0.05) is 19.8 Å². The zero-order valence-electron chi connectivity index (χ0n) is 20.6. The van der Waals surface area contributed by atoms with Gasteiger partial charge < -0.3 is 25.1 Å².